The van der Waals surface area contributed by atoms with Gasteiger partial charge in [0.05, 0.1) is 6.61 Å². The summed E-state index contributed by atoms with van der Waals surface area (Å²) in [6.07, 6.45) is -4.75. The zero-order valence-corrected chi connectivity index (χ0v) is 12.7. The maximum atomic E-state index is 13.1. The quantitative estimate of drug-likeness (QED) is 0.891. The van der Waals surface area contributed by atoms with Gasteiger partial charge in [0, 0.05) is 10.9 Å². The van der Waals surface area contributed by atoms with Crippen molar-refractivity contribution >= 4 is 10.8 Å². The molecule has 0 aliphatic carbocycles. The molecule has 1 N–H and O–H groups in total. The SMILES string of the molecule is CC(C)COc1ccc(C(C)(O)C(F)(F)F)c2ccccc12. The average molecular weight is 312 g/mol. The van der Waals surface area contributed by atoms with Crippen molar-refractivity contribution in [1.82, 2.24) is 0 Å². The van der Waals surface area contributed by atoms with Crippen molar-refractivity contribution < 1.29 is 23.0 Å². The number of rotatable bonds is 4. The van der Waals surface area contributed by atoms with Crippen LogP contribution in [0.5, 0.6) is 5.75 Å². The number of fused-ring (bicyclic) bond motifs is 1. The third kappa shape index (κ3) is 3.04. The summed E-state index contributed by atoms with van der Waals surface area (Å²) in [6.45, 7) is 5.22. The first-order chi connectivity index (χ1) is 10.1. The normalized spacial score (nSPS) is 15.1. The Kier molecular flexibility index (Phi) is 4.38. The monoisotopic (exact) mass is 312 g/mol. The van der Waals surface area contributed by atoms with Crippen molar-refractivity contribution in [2.75, 3.05) is 6.61 Å². The Morgan fingerprint density at radius 2 is 1.64 bits per heavy atom. The fraction of sp³-hybridized carbons (Fsp3) is 0.412. The highest BCUT2D eigenvalue weighted by molar-refractivity contribution is 5.91. The predicted molar refractivity (Wildman–Crippen MR) is 79.9 cm³/mol. The second kappa shape index (κ2) is 5.80. The molecule has 22 heavy (non-hydrogen) atoms. The van der Waals surface area contributed by atoms with E-state index in [2.05, 4.69) is 0 Å². The lowest BCUT2D eigenvalue weighted by Crippen LogP contribution is -2.39. The van der Waals surface area contributed by atoms with Gasteiger partial charge in [-0.3, -0.25) is 0 Å². The van der Waals surface area contributed by atoms with Crippen LogP contribution in [0.4, 0.5) is 13.2 Å². The van der Waals surface area contributed by atoms with E-state index in [0.717, 1.165) is 6.92 Å². The molecule has 2 aromatic carbocycles. The molecule has 1 atom stereocenters. The number of aliphatic hydroxyl groups is 1. The van der Waals surface area contributed by atoms with Crippen LogP contribution in [0.25, 0.3) is 10.8 Å². The minimum absolute atomic E-state index is 0.174. The van der Waals surface area contributed by atoms with E-state index < -0.39 is 11.8 Å². The summed E-state index contributed by atoms with van der Waals surface area (Å²) in [5.41, 5.74) is -3.09. The Hall–Kier alpha value is -1.75. The van der Waals surface area contributed by atoms with E-state index in [1.165, 1.54) is 12.1 Å². The minimum Gasteiger partial charge on any atom is -0.493 e. The van der Waals surface area contributed by atoms with Gasteiger partial charge in [-0.1, -0.05) is 44.2 Å². The first-order valence-corrected chi connectivity index (χ1v) is 7.08. The predicted octanol–water partition coefficient (Wildman–Crippen LogP) is 4.64. The van der Waals surface area contributed by atoms with Gasteiger partial charge in [0.15, 0.2) is 5.60 Å². The van der Waals surface area contributed by atoms with Crippen molar-refractivity contribution in [3.05, 3.63) is 42.0 Å². The molecule has 0 bridgehead atoms. The lowest BCUT2D eigenvalue weighted by Gasteiger charge is -2.28. The van der Waals surface area contributed by atoms with Gasteiger partial charge < -0.3 is 9.84 Å². The number of hydrogen-bond donors (Lipinski definition) is 1. The van der Waals surface area contributed by atoms with Crippen molar-refractivity contribution in [2.45, 2.75) is 32.5 Å². The molecule has 2 rings (SSSR count). The summed E-state index contributed by atoms with van der Waals surface area (Å²) >= 11 is 0. The number of alkyl halides is 3. The Labute approximate surface area is 127 Å². The fourth-order valence-electron chi connectivity index (χ4n) is 2.23. The molecule has 0 fully saturated rings. The smallest absolute Gasteiger partial charge is 0.421 e. The topological polar surface area (TPSA) is 29.5 Å². The van der Waals surface area contributed by atoms with Gasteiger partial charge >= 0.3 is 6.18 Å². The van der Waals surface area contributed by atoms with E-state index in [9.17, 15) is 18.3 Å². The summed E-state index contributed by atoms with van der Waals surface area (Å²) in [6, 6.07) is 9.40. The van der Waals surface area contributed by atoms with Gasteiger partial charge in [0.25, 0.3) is 0 Å². The molecule has 0 aliphatic heterocycles. The molecular weight excluding hydrogens is 293 g/mol. The zero-order valence-electron chi connectivity index (χ0n) is 12.7. The van der Waals surface area contributed by atoms with E-state index in [1.807, 2.05) is 13.8 Å². The van der Waals surface area contributed by atoms with Gasteiger partial charge in [-0.15, -0.1) is 0 Å². The van der Waals surface area contributed by atoms with Gasteiger partial charge in [0.2, 0.25) is 0 Å². The van der Waals surface area contributed by atoms with Crippen LogP contribution in [0.15, 0.2) is 36.4 Å². The van der Waals surface area contributed by atoms with Crippen LogP contribution >= 0.6 is 0 Å². The van der Waals surface area contributed by atoms with Crippen LogP contribution in [-0.2, 0) is 5.60 Å². The lowest BCUT2D eigenvalue weighted by atomic mass is 9.90. The molecule has 1 unspecified atom stereocenters. The molecule has 0 radical (unpaired) electrons. The van der Waals surface area contributed by atoms with Gasteiger partial charge in [-0.25, -0.2) is 0 Å². The number of hydrogen-bond acceptors (Lipinski definition) is 2. The van der Waals surface area contributed by atoms with Crippen molar-refractivity contribution in [2.24, 2.45) is 5.92 Å². The molecule has 0 spiro atoms. The van der Waals surface area contributed by atoms with Crippen molar-refractivity contribution in [3.8, 4) is 5.75 Å². The molecule has 120 valence electrons. The van der Waals surface area contributed by atoms with E-state index in [0.29, 0.717) is 29.0 Å². The van der Waals surface area contributed by atoms with Crippen LogP contribution < -0.4 is 4.74 Å². The van der Waals surface area contributed by atoms with E-state index in [1.54, 1.807) is 24.3 Å². The van der Waals surface area contributed by atoms with E-state index in [4.69, 9.17) is 4.74 Å². The molecule has 0 aromatic heterocycles. The fourth-order valence-corrected chi connectivity index (χ4v) is 2.23. The molecule has 0 heterocycles. The third-order valence-electron chi connectivity index (χ3n) is 3.53. The molecule has 2 aromatic rings. The molecule has 0 saturated heterocycles. The van der Waals surface area contributed by atoms with Gasteiger partial charge in [0.1, 0.15) is 5.75 Å². The van der Waals surface area contributed by atoms with Crippen molar-refractivity contribution in [3.63, 3.8) is 0 Å². The molecule has 0 saturated carbocycles. The van der Waals surface area contributed by atoms with Crippen LogP contribution in [0.2, 0.25) is 0 Å². The summed E-state index contributed by atoms with van der Waals surface area (Å²) < 4.78 is 45.0. The van der Waals surface area contributed by atoms with Gasteiger partial charge in [-0.2, -0.15) is 13.2 Å². The molecule has 0 aliphatic rings. The first kappa shape index (κ1) is 16.6. The number of halogens is 3. The summed E-state index contributed by atoms with van der Waals surface area (Å²) in [4.78, 5) is 0. The Balaban J connectivity index is 2.58. The second-order valence-corrected chi connectivity index (χ2v) is 5.93. The number of ether oxygens (including phenoxy) is 1. The third-order valence-corrected chi connectivity index (χ3v) is 3.53. The second-order valence-electron chi connectivity index (χ2n) is 5.93. The molecule has 5 heteroatoms. The molecular formula is C17H19F3O2. The summed E-state index contributed by atoms with van der Waals surface area (Å²) in [5.74, 6) is 0.822. The summed E-state index contributed by atoms with van der Waals surface area (Å²) in [5, 5.41) is 10.9. The average Bonchev–Trinajstić information content (AvgIpc) is 2.43. The van der Waals surface area contributed by atoms with E-state index in [-0.39, 0.29) is 5.56 Å². The van der Waals surface area contributed by atoms with Crippen molar-refractivity contribution in [1.29, 1.82) is 0 Å². The highest BCUT2D eigenvalue weighted by Crippen LogP contribution is 2.43. The van der Waals surface area contributed by atoms with Crippen LogP contribution in [-0.4, -0.2) is 17.9 Å². The Morgan fingerprint density at radius 1 is 1.05 bits per heavy atom. The largest absolute Gasteiger partial charge is 0.493 e. The number of benzene rings is 2. The van der Waals surface area contributed by atoms with Crippen LogP contribution in [0.3, 0.4) is 0 Å². The minimum atomic E-state index is -4.75. The maximum Gasteiger partial charge on any atom is 0.421 e. The van der Waals surface area contributed by atoms with Crippen LogP contribution in [0.1, 0.15) is 26.3 Å². The summed E-state index contributed by atoms with van der Waals surface area (Å²) in [7, 11) is 0. The van der Waals surface area contributed by atoms with Crippen LogP contribution in [0, 0.1) is 5.92 Å². The first-order valence-electron chi connectivity index (χ1n) is 7.08. The molecule has 0 amide bonds. The Morgan fingerprint density at radius 3 is 2.18 bits per heavy atom. The zero-order chi connectivity index (χ0) is 16.5. The lowest BCUT2D eigenvalue weighted by molar-refractivity contribution is -0.258. The highest BCUT2D eigenvalue weighted by atomic mass is 19.4. The van der Waals surface area contributed by atoms with Gasteiger partial charge in [-0.05, 0) is 24.3 Å². The standard InChI is InChI=1S/C17H19F3O2/c1-11(2)10-22-15-9-8-14(16(3,21)17(18,19)20)12-6-4-5-7-13(12)15/h4-9,11,21H,10H2,1-3H3. The maximum absolute atomic E-state index is 13.1. The van der Waals surface area contributed by atoms with E-state index >= 15 is 0 Å². The highest BCUT2D eigenvalue weighted by Gasteiger charge is 2.51. The molecule has 2 nitrogen and oxygen atoms in total. The Bertz CT molecular complexity index is 660.